The van der Waals surface area contributed by atoms with Crippen LogP contribution in [0, 0.1) is 0 Å². The molecular formula is C17H17BrClNO. The summed E-state index contributed by atoms with van der Waals surface area (Å²) in [7, 11) is 1.71. The highest BCUT2D eigenvalue weighted by molar-refractivity contribution is 9.10. The van der Waals surface area contributed by atoms with Crippen LogP contribution in [0.1, 0.15) is 30.0 Å². The second-order valence-corrected chi connectivity index (χ2v) is 6.57. The highest BCUT2D eigenvalue weighted by atomic mass is 79.9. The Morgan fingerprint density at radius 2 is 2.10 bits per heavy atom. The summed E-state index contributed by atoms with van der Waals surface area (Å²) >= 11 is 9.68. The standard InChI is InChI=1S/C17H17BrClNO/c1-21-13-6-7-14-11(9-13)3-2-4-16(14)20-17-10-12(19)5-8-15(17)18/h5-10,16,20H,2-4H2,1H3. The van der Waals surface area contributed by atoms with E-state index < -0.39 is 0 Å². The lowest BCUT2D eigenvalue weighted by atomic mass is 9.87. The van der Waals surface area contributed by atoms with Crippen molar-refractivity contribution in [3.8, 4) is 5.75 Å². The van der Waals surface area contributed by atoms with Gasteiger partial charge in [-0.15, -0.1) is 0 Å². The molecule has 0 fully saturated rings. The number of anilines is 1. The lowest BCUT2D eigenvalue weighted by Gasteiger charge is -2.28. The topological polar surface area (TPSA) is 21.3 Å². The fraction of sp³-hybridized carbons (Fsp3) is 0.294. The van der Waals surface area contributed by atoms with E-state index in [0.717, 1.165) is 33.8 Å². The number of nitrogens with one attached hydrogen (secondary N) is 1. The van der Waals surface area contributed by atoms with Gasteiger partial charge in [0.25, 0.3) is 0 Å². The number of ether oxygens (including phenoxy) is 1. The fourth-order valence-electron chi connectivity index (χ4n) is 2.86. The van der Waals surface area contributed by atoms with Crippen molar-refractivity contribution < 1.29 is 4.74 Å². The fourth-order valence-corrected chi connectivity index (χ4v) is 3.40. The van der Waals surface area contributed by atoms with E-state index in [2.05, 4.69) is 33.4 Å². The molecule has 0 aliphatic heterocycles. The third kappa shape index (κ3) is 3.19. The number of hydrogen-bond donors (Lipinski definition) is 1. The van der Waals surface area contributed by atoms with Crippen LogP contribution in [0.2, 0.25) is 5.02 Å². The van der Waals surface area contributed by atoms with Crippen LogP contribution in [0.4, 0.5) is 5.69 Å². The zero-order valence-corrected chi connectivity index (χ0v) is 14.2. The Morgan fingerprint density at radius 3 is 2.90 bits per heavy atom. The van der Waals surface area contributed by atoms with Gasteiger partial charge in [-0.25, -0.2) is 0 Å². The van der Waals surface area contributed by atoms with E-state index in [1.807, 2.05) is 24.3 Å². The number of halogens is 2. The van der Waals surface area contributed by atoms with Crippen molar-refractivity contribution in [2.75, 3.05) is 12.4 Å². The van der Waals surface area contributed by atoms with Crippen molar-refractivity contribution in [3.63, 3.8) is 0 Å². The van der Waals surface area contributed by atoms with Crippen molar-refractivity contribution in [3.05, 3.63) is 57.0 Å². The Labute approximate surface area is 138 Å². The van der Waals surface area contributed by atoms with Crippen molar-refractivity contribution in [1.82, 2.24) is 0 Å². The highest BCUT2D eigenvalue weighted by Crippen LogP contribution is 2.36. The van der Waals surface area contributed by atoms with Crippen molar-refractivity contribution in [2.45, 2.75) is 25.3 Å². The number of aryl methyl sites for hydroxylation is 1. The molecule has 0 bridgehead atoms. The summed E-state index contributed by atoms with van der Waals surface area (Å²) in [6.45, 7) is 0. The molecule has 2 nitrogen and oxygen atoms in total. The number of methoxy groups -OCH3 is 1. The van der Waals surface area contributed by atoms with Crippen LogP contribution in [-0.2, 0) is 6.42 Å². The zero-order chi connectivity index (χ0) is 14.8. The molecule has 110 valence electrons. The normalized spacial score (nSPS) is 17.2. The van der Waals surface area contributed by atoms with Crippen molar-refractivity contribution in [1.29, 1.82) is 0 Å². The van der Waals surface area contributed by atoms with Gasteiger partial charge in [0.1, 0.15) is 5.75 Å². The van der Waals surface area contributed by atoms with E-state index in [1.165, 1.54) is 17.5 Å². The summed E-state index contributed by atoms with van der Waals surface area (Å²) in [6.07, 6.45) is 3.41. The van der Waals surface area contributed by atoms with Crippen molar-refractivity contribution in [2.24, 2.45) is 0 Å². The monoisotopic (exact) mass is 365 g/mol. The molecule has 1 unspecified atom stereocenters. The van der Waals surface area contributed by atoms with Gasteiger partial charge in [-0.05, 0) is 76.7 Å². The van der Waals surface area contributed by atoms with Crippen LogP contribution in [0.5, 0.6) is 5.75 Å². The van der Waals surface area contributed by atoms with Gasteiger partial charge in [0.05, 0.1) is 18.8 Å². The molecule has 4 heteroatoms. The average Bonchev–Trinajstić information content (AvgIpc) is 2.50. The molecule has 1 aliphatic rings. The lowest BCUT2D eigenvalue weighted by Crippen LogP contribution is -2.17. The van der Waals surface area contributed by atoms with E-state index in [0.29, 0.717) is 6.04 Å². The second kappa shape index (κ2) is 6.29. The van der Waals surface area contributed by atoms with Crippen LogP contribution >= 0.6 is 27.5 Å². The van der Waals surface area contributed by atoms with E-state index in [9.17, 15) is 0 Å². The highest BCUT2D eigenvalue weighted by Gasteiger charge is 2.21. The van der Waals surface area contributed by atoms with Crippen LogP contribution in [0.15, 0.2) is 40.9 Å². The maximum atomic E-state index is 6.10. The van der Waals surface area contributed by atoms with Gasteiger partial charge in [-0.1, -0.05) is 17.7 Å². The quantitative estimate of drug-likeness (QED) is 0.763. The molecule has 21 heavy (non-hydrogen) atoms. The third-order valence-electron chi connectivity index (χ3n) is 3.92. The van der Waals surface area contributed by atoms with Gasteiger partial charge >= 0.3 is 0 Å². The summed E-state index contributed by atoms with van der Waals surface area (Å²) < 4.78 is 6.36. The van der Waals surface area contributed by atoms with Gasteiger partial charge in [0, 0.05) is 9.50 Å². The molecule has 0 aromatic heterocycles. The Bertz CT molecular complexity index is 659. The van der Waals surface area contributed by atoms with Gasteiger partial charge in [0.2, 0.25) is 0 Å². The first-order valence-corrected chi connectivity index (χ1v) is 8.23. The molecule has 3 rings (SSSR count). The number of rotatable bonds is 3. The smallest absolute Gasteiger partial charge is 0.119 e. The summed E-state index contributed by atoms with van der Waals surface area (Å²) in [6, 6.07) is 12.5. The second-order valence-electron chi connectivity index (χ2n) is 5.28. The minimum atomic E-state index is 0.314. The third-order valence-corrected chi connectivity index (χ3v) is 4.85. The van der Waals surface area contributed by atoms with Crippen LogP contribution < -0.4 is 10.1 Å². The maximum Gasteiger partial charge on any atom is 0.119 e. The Kier molecular flexibility index (Phi) is 4.41. The van der Waals surface area contributed by atoms with E-state index >= 15 is 0 Å². The first-order valence-electron chi connectivity index (χ1n) is 7.06. The van der Waals surface area contributed by atoms with E-state index in [1.54, 1.807) is 7.11 Å². The predicted molar refractivity (Wildman–Crippen MR) is 91.4 cm³/mol. The van der Waals surface area contributed by atoms with Gasteiger partial charge < -0.3 is 10.1 Å². The number of hydrogen-bond acceptors (Lipinski definition) is 2. The first-order chi connectivity index (χ1) is 10.2. The minimum absolute atomic E-state index is 0.314. The molecule has 0 spiro atoms. The molecule has 0 heterocycles. The molecular weight excluding hydrogens is 350 g/mol. The number of fused-ring (bicyclic) bond motifs is 1. The van der Waals surface area contributed by atoms with Gasteiger partial charge in [0.15, 0.2) is 0 Å². The minimum Gasteiger partial charge on any atom is -0.497 e. The summed E-state index contributed by atoms with van der Waals surface area (Å²) in [5.74, 6) is 0.929. The Balaban J connectivity index is 1.90. The Hall–Kier alpha value is -1.19. The maximum absolute atomic E-state index is 6.10. The zero-order valence-electron chi connectivity index (χ0n) is 11.8. The largest absolute Gasteiger partial charge is 0.497 e. The predicted octanol–water partition coefficient (Wildman–Crippen LogP) is 5.60. The summed E-state index contributed by atoms with van der Waals surface area (Å²) in [5.41, 5.74) is 3.77. The molecule has 1 N–H and O–H groups in total. The van der Waals surface area contributed by atoms with Crippen LogP contribution in [0.3, 0.4) is 0 Å². The molecule has 0 saturated heterocycles. The van der Waals surface area contributed by atoms with E-state index in [-0.39, 0.29) is 0 Å². The van der Waals surface area contributed by atoms with Crippen molar-refractivity contribution >= 4 is 33.2 Å². The first kappa shape index (κ1) is 14.7. The van der Waals surface area contributed by atoms with Crippen LogP contribution in [-0.4, -0.2) is 7.11 Å². The SMILES string of the molecule is COc1ccc2c(c1)CCCC2Nc1cc(Cl)ccc1Br. The van der Waals surface area contributed by atoms with Gasteiger partial charge in [-0.3, -0.25) is 0 Å². The molecule has 0 amide bonds. The molecule has 0 saturated carbocycles. The number of benzene rings is 2. The molecule has 2 aromatic carbocycles. The summed E-state index contributed by atoms with van der Waals surface area (Å²) in [4.78, 5) is 0. The van der Waals surface area contributed by atoms with Gasteiger partial charge in [-0.2, -0.15) is 0 Å². The summed E-state index contributed by atoms with van der Waals surface area (Å²) in [5, 5.41) is 4.35. The van der Waals surface area contributed by atoms with Crippen LogP contribution in [0.25, 0.3) is 0 Å². The average molecular weight is 367 g/mol. The molecule has 2 aromatic rings. The Morgan fingerprint density at radius 1 is 1.24 bits per heavy atom. The lowest BCUT2D eigenvalue weighted by molar-refractivity contribution is 0.413. The molecule has 1 atom stereocenters. The van der Waals surface area contributed by atoms with E-state index in [4.69, 9.17) is 16.3 Å². The molecule has 1 aliphatic carbocycles. The molecule has 0 radical (unpaired) electrons.